The van der Waals surface area contributed by atoms with Crippen LogP contribution in [0.4, 0.5) is 0 Å². The fourth-order valence-electron chi connectivity index (χ4n) is 0.909. The van der Waals surface area contributed by atoms with Crippen molar-refractivity contribution in [3.63, 3.8) is 0 Å². The van der Waals surface area contributed by atoms with Gasteiger partial charge in [0.25, 0.3) is 0 Å². The lowest BCUT2D eigenvalue weighted by molar-refractivity contribution is 0.321. The highest BCUT2D eigenvalue weighted by Crippen LogP contribution is 2.04. The average Bonchev–Trinajstić information content (AvgIpc) is 2.01. The molecule has 12 heavy (non-hydrogen) atoms. The second kappa shape index (κ2) is 3.30. The van der Waals surface area contributed by atoms with Gasteiger partial charge in [-0.15, -0.1) is 0 Å². The van der Waals surface area contributed by atoms with Gasteiger partial charge in [-0.3, -0.25) is 4.98 Å². The number of rotatable bonds is 1. The van der Waals surface area contributed by atoms with Gasteiger partial charge in [0.1, 0.15) is 5.69 Å². The third kappa shape index (κ3) is 1.58. The second-order valence-corrected chi connectivity index (χ2v) is 2.61. The first kappa shape index (κ1) is 8.64. The predicted octanol–water partition coefficient (Wildman–Crippen LogP) is 1.21. The highest BCUT2D eigenvalue weighted by molar-refractivity contribution is 5.77. The Morgan fingerprint density at radius 2 is 1.67 bits per heavy atom. The molecule has 1 rings (SSSR count). The summed E-state index contributed by atoms with van der Waals surface area (Å²) in [6, 6.07) is 0. The topological polar surface area (TPSA) is 58.4 Å². The van der Waals surface area contributed by atoms with Crippen LogP contribution in [0.2, 0.25) is 0 Å². The summed E-state index contributed by atoms with van der Waals surface area (Å²) in [6.45, 7) is 5.60. The van der Waals surface area contributed by atoms with Gasteiger partial charge in [0.15, 0.2) is 0 Å². The van der Waals surface area contributed by atoms with Crippen LogP contribution in [0.1, 0.15) is 22.8 Å². The number of aromatic nitrogens is 2. The summed E-state index contributed by atoms with van der Waals surface area (Å²) in [5.74, 6) is 0. The Kier molecular flexibility index (Phi) is 2.38. The van der Waals surface area contributed by atoms with E-state index in [4.69, 9.17) is 5.21 Å². The van der Waals surface area contributed by atoms with Crippen molar-refractivity contribution in [2.45, 2.75) is 20.8 Å². The normalized spacial score (nSPS) is 10.9. The van der Waals surface area contributed by atoms with Crippen LogP contribution in [0.25, 0.3) is 0 Å². The Bertz CT molecular complexity index is 320. The first-order chi connectivity index (χ1) is 5.65. The summed E-state index contributed by atoms with van der Waals surface area (Å²) in [4.78, 5) is 8.42. The van der Waals surface area contributed by atoms with Crippen molar-refractivity contribution in [1.82, 2.24) is 9.97 Å². The summed E-state index contributed by atoms with van der Waals surface area (Å²) < 4.78 is 0. The van der Waals surface area contributed by atoms with Crippen LogP contribution in [-0.2, 0) is 0 Å². The van der Waals surface area contributed by atoms with E-state index in [1.165, 1.54) is 6.21 Å². The molecule has 0 aliphatic carbocycles. The van der Waals surface area contributed by atoms with Crippen molar-refractivity contribution in [1.29, 1.82) is 0 Å². The second-order valence-electron chi connectivity index (χ2n) is 2.61. The molecule has 0 unspecified atom stereocenters. The maximum atomic E-state index is 8.31. The van der Waals surface area contributed by atoms with Gasteiger partial charge < -0.3 is 5.21 Å². The molecule has 0 aliphatic rings. The molecule has 0 radical (unpaired) electrons. The van der Waals surface area contributed by atoms with Gasteiger partial charge in [-0.2, -0.15) is 0 Å². The molecule has 0 saturated carbocycles. The molecule has 0 fully saturated rings. The van der Waals surface area contributed by atoms with Gasteiger partial charge in [-0.1, -0.05) is 5.16 Å². The zero-order chi connectivity index (χ0) is 9.14. The van der Waals surface area contributed by atoms with Gasteiger partial charge in [0, 0.05) is 0 Å². The van der Waals surface area contributed by atoms with E-state index in [-0.39, 0.29) is 0 Å². The molecule has 1 aromatic rings. The van der Waals surface area contributed by atoms with Crippen molar-refractivity contribution in [3.05, 3.63) is 22.8 Å². The number of hydrogen-bond donors (Lipinski definition) is 1. The standard InChI is InChI=1S/C8H11N3O/c1-5-6(2)11-8(4-9-12)7(3)10-5/h4,12H,1-3H3. The summed E-state index contributed by atoms with van der Waals surface area (Å²) in [5, 5.41) is 11.2. The lowest BCUT2D eigenvalue weighted by Gasteiger charge is -2.02. The quantitative estimate of drug-likeness (QED) is 0.386. The molecule has 0 bridgehead atoms. The fourth-order valence-corrected chi connectivity index (χ4v) is 0.909. The van der Waals surface area contributed by atoms with E-state index in [0.29, 0.717) is 5.69 Å². The number of nitrogens with zero attached hydrogens (tertiary/aromatic N) is 3. The van der Waals surface area contributed by atoms with Crippen LogP contribution in [0.15, 0.2) is 5.16 Å². The fraction of sp³-hybridized carbons (Fsp3) is 0.375. The molecule has 4 nitrogen and oxygen atoms in total. The molecular formula is C8H11N3O. The van der Waals surface area contributed by atoms with Crippen molar-refractivity contribution in [3.8, 4) is 0 Å². The van der Waals surface area contributed by atoms with E-state index >= 15 is 0 Å². The maximum absolute atomic E-state index is 8.31. The van der Waals surface area contributed by atoms with Crippen molar-refractivity contribution in [2.24, 2.45) is 5.16 Å². The summed E-state index contributed by atoms with van der Waals surface area (Å²) in [5.41, 5.74) is 3.15. The third-order valence-corrected chi connectivity index (χ3v) is 1.70. The molecule has 0 atom stereocenters. The van der Waals surface area contributed by atoms with Crippen LogP contribution in [0.5, 0.6) is 0 Å². The Labute approximate surface area is 71.0 Å². The lowest BCUT2D eigenvalue weighted by Crippen LogP contribution is -2.01. The molecule has 0 saturated heterocycles. The Morgan fingerprint density at radius 1 is 1.08 bits per heavy atom. The van der Waals surface area contributed by atoms with Gasteiger partial charge >= 0.3 is 0 Å². The van der Waals surface area contributed by atoms with E-state index in [9.17, 15) is 0 Å². The lowest BCUT2D eigenvalue weighted by atomic mass is 10.3. The molecule has 64 valence electrons. The van der Waals surface area contributed by atoms with E-state index < -0.39 is 0 Å². The Hall–Kier alpha value is -1.45. The van der Waals surface area contributed by atoms with E-state index in [1.807, 2.05) is 20.8 Å². The van der Waals surface area contributed by atoms with Crippen molar-refractivity contribution in [2.75, 3.05) is 0 Å². The van der Waals surface area contributed by atoms with E-state index in [2.05, 4.69) is 15.1 Å². The first-order valence-electron chi connectivity index (χ1n) is 3.64. The molecule has 1 aromatic heterocycles. The maximum Gasteiger partial charge on any atom is 0.106 e. The average molecular weight is 165 g/mol. The van der Waals surface area contributed by atoms with Crippen molar-refractivity contribution >= 4 is 6.21 Å². The van der Waals surface area contributed by atoms with E-state index in [0.717, 1.165) is 17.1 Å². The van der Waals surface area contributed by atoms with Crippen LogP contribution >= 0.6 is 0 Å². The monoisotopic (exact) mass is 165 g/mol. The smallest absolute Gasteiger partial charge is 0.106 e. The van der Waals surface area contributed by atoms with Gasteiger partial charge in [0.2, 0.25) is 0 Å². The molecule has 0 amide bonds. The van der Waals surface area contributed by atoms with Crippen LogP contribution in [0.3, 0.4) is 0 Å². The van der Waals surface area contributed by atoms with Crippen LogP contribution in [0, 0.1) is 20.8 Å². The Balaban J connectivity index is 3.23. The zero-order valence-corrected chi connectivity index (χ0v) is 7.37. The third-order valence-electron chi connectivity index (χ3n) is 1.70. The predicted molar refractivity (Wildman–Crippen MR) is 45.6 cm³/mol. The largest absolute Gasteiger partial charge is 0.411 e. The van der Waals surface area contributed by atoms with Crippen LogP contribution < -0.4 is 0 Å². The molecule has 1 heterocycles. The van der Waals surface area contributed by atoms with Crippen LogP contribution in [-0.4, -0.2) is 21.4 Å². The number of aryl methyl sites for hydroxylation is 3. The molecular weight excluding hydrogens is 154 g/mol. The molecule has 0 aliphatic heterocycles. The highest BCUT2D eigenvalue weighted by Gasteiger charge is 2.02. The summed E-state index contributed by atoms with van der Waals surface area (Å²) in [7, 11) is 0. The molecule has 4 heteroatoms. The minimum atomic E-state index is 0.612. The molecule has 0 spiro atoms. The molecule has 0 aromatic carbocycles. The minimum Gasteiger partial charge on any atom is -0.411 e. The number of hydrogen-bond acceptors (Lipinski definition) is 4. The molecule has 1 N–H and O–H groups in total. The summed E-state index contributed by atoms with van der Waals surface area (Å²) in [6.07, 6.45) is 1.29. The highest BCUT2D eigenvalue weighted by atomic mass is 16.4. The Morgan fingerprint density at radius 3 is 2.25 bits per heavy atom. The van der Waals surface area contributed by atoms with E-state index in [1.54, 1.807) is 0 Å². The SMILES string of the molecule is Cc1nc(C)c(C=NO)nc1C. The first-order valence-corrected chi connectivity index (χ1v) is 3.64. The number of oxime groups is 1. The summed E-state index contributed by atoms with van der Waals surface area (Å²) >= 11 is 0. The zero-order valence-electron chi connectivity index (χ0n) is 7.37. The van der Waals surface area contributed by atoms with Crippen molar-refractivity contribution < 1.29 is 5.21 Å². The van der Waals surface area contributed by atoms with Gasteiger partial charge in [-0.05, 0) is 20.8 Å². The van der Waals surface area contributed by atoms with Gasteiger partial charge in [0.05, 0.1) is 23.3 Å². The van der Waals surface area contributed by atoms with Gasteiger partial charge in [-0.25, -0.2) is 4.98 Å². The minimum absolute atomic E-state index is 0.612.